The number of hydrogen-bond donors (Lipinski definition) is 2. The van der Waals surface area contributed by atoms with Crippen LogP contribution in [0.4, 0.5) is 4.39 Å². The van der Waals surface area contributed by atoms with Crippen LogP contribution in [0.2, 0.25) is 10.0 Å². The molecule has 16 heavy (non-hydrogen) atoms. The predicted octanol–water partition coefficient (Wildman–Crippen LogP) is 3.06. The smallest absolute Gasteiger partial charge is 0.184 e. The summed E-state index contributed by atoms with van der Waals surface area (Å²) in [4.78, 5) is 0. The highest BCUT2D eigenvalue weighted by atomic mass is 79.9. The second kappa shape index (κ2) is 5.77. The lowest BCUT2D eigenvalue weighted by atomic mass is 10.2. The molecule has 0 saturated heterocycles. The van der Waals surface area contributed by atoms with E-state index >= 15 is 0 Å². The zero-order valence-corrected chi connectivity index (χ0v) is 11.5. The highest BCUT2D eigenvalue weighted by molar-refractivity contribution is 9.10. The minimum atomic E-state index is -0.672. The minimum Gasteiger partial charge on any atom is -0.375 e. The molecule has 0 atom stereocenters. The average Bonchev–Trinajstić information content (AvgIpc) is 2.19. The van der Waals surface area contributed by atoms with E-state index in [9.17, 15) is 4.39 Å². The fourth-order valence-electron chi connectivity index (χ4n) is 0.859. The van der Waals surface area contributed by atoms with Crippen molar-refractivity contribution < 1.29 is 4.39 Å². The summed E-state index contributed by atoms with van der Waals surface area (Å²) in [5.41, 5.74) is 7.47. The van der Waals surface area contributed by atoms with Crippen LogP contribution in [0.5, 0.6) is 0 Å². The molecule has 3 nitrogen and oxygen atoms in total. The average molecular weight is 345 g/mol. The van der Waals surface area contributed by atoms with Gasteiger partial charge >= 0.3 is 0 Å². The number of hydrazone groups is 1. The Morgan fingerprint density at radius 3 is 2.81 bits per heavy atom. The Kier molecular flexibility index (Phi) is 4.91. The first-order valence-electron chi connectivity index (χ1n) is 3.85. The van der Waals surface area contributed by atoms with Crippen molar-refractivity contribution in [2.45, 2.75) is 0 Å². The second-order valence-corrected chi connectivity index (χ2v) is 4.70. The summed E-state index contributed by atoms with van der Waals surface area (Å²) in [6, 6.07) is 1.47. The molecule has 0 aliphatic carbocycles. The van der Waals surface area contributed by atoms with Gasteiger partial charge in [0.15, 0.2) is 10.9 Å². The largest absolute Gasteiger partial charge is 0.375 e. The maximum atomic E-state index is 13.6. The van der Waals surface area contributed by atoms with Gasteiger partial charge in [0.05, 0.1) is 21.8 Å². The van der Waals surface area contributed by atoms with Crippen LogP contribution in [0.15, 0.2) is 15.6 Å². The van der Waals surface area contributed by atoms with E-state index in [4.69, 9.17) is 28.9 Å². The van der Waals surface area contributed by atoms with Crippen molar-refractivity contribution in [1.82, 2.24) is 5.43 Å². The van der Waals surface area contributed by atoms with Crippen LogP contribution in [0.25, 0.3) is 0 Å². The number of nitrogens with two attached hydrogens (primary N) is 1. The molecule has 0 unspecified atom stereocenters. The van der Waals surface area contributed by atoms with E-state index in [0.717, 1.165) is 6.21 Å². The Morgan fingerprint density at radius 1 is 1.62 bits per heavy atom. The number of hydrogen-bond acceptors (Lipinski definition) is 2. The van der Waals surface area contributed by atoms with Gasteiger partial charge in [0.2, 0.25) is 0 Å². The quantitative estimate of drug-likeness (QED) is 0.285. The molecule has 86 valence electrons. The highest BCUT2D eigenvalue weighted by Crippen LogP contribution is 2.31. The highest BCUT2D eigenvalue weighted by Gasteiger charge is 2.13. The zero-order valence-electron chi connectivity index (χ0n) is 7.60. The van der Waals surface area contributed by atoms with Gasteiger partial charge in [0.25, 0.3) is 0 Å². The Labute approximate surface area is 115 Å². The zero-order chi connectivity index (χ0) is 12.3. The number of benzene rings is 1. The van der Waals surface area contributed by atoms with E-state index < -0.39 is 5.82 Å². The molecular formula is C8H5BrCl2FN3S. The topological polar surface area (TPSA) is 50.4 Å². The van der Waals surface area contributed by atoms with Crippen molar-refractivity contribution in [3.05, 3.63) is 32.0 Å². The number of rotatable bonds is 2. The Balaban J connectivity index is 3.09. The van der Waals surface area contributed by atoms with Crippen LogP contribution in [0.1, 0.15) is 5.56 Å². The van der Waals surface area contributed by atoms with E-state index in [0.29, 0.717) is 4.47 Å². The fraction of sp³-hybridized carbons (Fsp3) is 0. The van der Waals surface area contributed by atoms with Gasteiger partial charge in [-0.05, 0) is 34.2 Å². The minimum absolute atomic E-state index is 0.0315. The van der Waals surface area contributed by atoms with Gasteiger partial charge in [-0.1, -0.05) is 23.2 Å². The second-order valence-electron chi connectivity index (χ2n) is 2.62. The number of halogens is 4. The summed E-state index contributed by atoms with van der Waals surface area (Å²) in [7, 11) is 0. The van der Waals surface area contributed by atoms with Gasteiger partial charge in [-0.15, -0.1) is 0 Å². The molecule has 1 aromatic rings. The van der Waals surface area contributed by atoms with Crippen molar-refractivity contribution in [2.75, 3.05) is 0 Å². The van der Waals surface area contributed by atoms with Crippen LogP contribution in [-0.4, -0.2) is 11.3 Å². The third-order valence-electron chi connectivity index (χ3n) is 1.52. The van der Waals surface area contributed by atoms with Crippen molar-refractivity contribution in [3.8, 4) is 0 Å². The van der Waals surface area contributed by atoms with E-state index in [-0.39, 0.29) is 20.7 Å². The SMILES string of the molecule is NC(=S)NN=Cc1c(Cl)cc(Br)c(Cl)c1F. The summed E-state index contributed by atoms with van der Waals surface area (Å²) in [5.74, 6) is -0.672. The van der Waals surface area contributed by atoms with E-state index in [2.05, 4.69) is 38.7 Å². The molecule has 0 amide bonds. The molecule has 1 rings (SSSR count). The lowest BCUT2D eigenvalue weighted by Crippen LogP contribution is -2.24. The molecule has 0 fully saturated rings. The lowest BCUT2D eigenvalue weighted by Gasteiger charge is -2.04. The Bertz CT molecular complexity index is 467. The number of nitrogens with zero attached hydrogens (tertiary/aromatic N) is 1. The van der Waals surface area contributed by atoms with Crippen LogP contribution in [0.3, 0.4) is 0 Å². The maximum Gasteiger partial charge on any atom is 0.184 e. The maximum absolute atomic E-state index is 13.6. The molecule has 8 heteroatoms. The molecule has 0 heterocycles. The molecule has 1 aromatic carbocycles. The molecule has 0 aliphatic rings. The molecule has 0 radical (unpaired) electrons. The first-order valence-corrected chi connectivity index (χ1v) is 5.80. The van der Waals surface area contributed by atoms with E-state index in [1.807, 2.05) is 0 Å². The van der Waals surface area contributed by atoms with Crippen molar-refractivity contribution in [1.29, 1.82) is 0 Å². The first-order chi connectivity index (χ1) is 7.43. The van der Waals surface area contributed by atoms with E-state index in [1.54, 1.807) is 0 Å². The normalized spacial score (nSPS) is 10.8. The molecular weight excluding hydrogens is 340 g/mol. The summed E-state index contributed by atoms with van der Waals surface area (Å²) >= 11 is 19.1. The van der Waals surface area contributed by atoms with Crippen molar-refractivity contribution in [3.63, 3.8) is 0 Å². The van der Waals surface area contributed by atoms with Gasteiger partial charge in [-0.25, -0.2) is 4.39 Å². The fourth-order valence-corrected chi connectivity index (χ4v) is 1.84. The van der Waals surface area contributed by atoms with Gasteiger partial charge < -0.3 is 5.73 Å². The molecule has 0 aromatic heterocycles. The van der Waals surface area contributed by atoms with Gasteiger partial charge in [0, 0.05) is 4.47 Å². The summed E-state index contributed by atoms with van der Waals surface area (Å²) in [5, 5.41) is 3.66. The number of nitrogens with one attached hydrogen (secondary N) is 1. The molecule has 3 N–H and O–H groups in total. The lowest BCUT2D eigenvalue weighted by molar-refractivity contribution is 0.625. The standard InChI is InChI=1S/C8H5BrCl2FN3S/c9-4-1-5(10)3(7(12)6(4)11)2-14-15-8(13)16/h1-2H,(H3,13,15,16). The predicted molar refractivity (Wildman–Crippen MR) is 71.6 cm³/mol. The third-order valence-corrected chi connectivity index (χ3v) is 3.15. The van der Waals surface area contributed by atoms with E-state index in [1.165, 1.54) is 6.07 Å². The monoisotopic (exact) mass is 343 g/mol. The van der Waals surface area contributed by atoms with Gasteiger partial charge in [-0.3, -0.25) is 5.43 Å². The third kappa shape index (κ3) is 3.28. The molecule has 0 bridgehead atoms. The summed E-state index contributed by atoms with van der Waals surface area (Å²) < 4.78 is 14.0. The summed E-state index contributed by atoms with van der Waals surface area (Å²) in [6.45, 7) is 0. The van der Waals surface area contributed by atoms with Gasteiger partial charge in [-0.2, -0.15) is 5.10 Å². The van der Waals surface area contributed by atoms with Crippen LogP contribution >= 0.6 is 51.3 Å². The van der Waals surface area contributed by atoms with Crippen LogP contribution < -0.4 is 11.2 Å². The first kappa shape index (κ1) is 13.6. The summed E-state index contributed by atoms with van der Waals surface area (Å²) in [6.07, 6.45) is 1.15. The molecule has 0 saturated carbocycles. The van der Waals surface area contributed by atoms with Gasteiger partial charge in [0.1, 0.15) is 0 Å². The molecule has 0 aliphatic heterocycles. The number of thiocarbonyl (C=S) groups is 1. The Morgan fingerprint density at radius 2 is 2.25 bits per heavy atom. The Hall–Kier alpha value is -0.430. The van der Waals surface area contributed by atoms with Crippen LogP contribution in [0, 0.1) is 5.82 Å². The van der Waals surface area contributed by atoms with Crippen molar-refractivity contribution >= 4 is 62.7 Å². The van der Waals surface area contributed by atoms with Crippen LogP contribution in [-0.2, 0) is 0 Å². The van der Waals surface area contributed by atoms with Crippen molar-refractivity contribution in [2.24, 2.45) is 10.8 Å². The molecule has 0 spiro atoms.